The van der Waals surface area contributed by atoms with Crippen molar-refractivity contribution in [3.8, 4) is 0 Å². The number of imide groups is 1. The lowest BCUT2D eigenvalue weighted by molar-refractivity contribution is -0.138. The zero-order chi connectivity index (χ0) is 28.1. The molecule has 7 nitrogen and oxygen atoms in total. The van der Waals surface area contributed by atoms with Crippen LogP contribution in [0.1, 0.15) is 58.3 Å². The standard InChI is InChI=1S/C30H30F3N3O4/c31-30(32,33)22-4-1-19(2-5-22)16-35-12-9-24(29(18-35)10-13-40-14-11-29)20-3-6-23-21(15-20)17-36(28(23)39)25-7-8-26(37)34-27(25)38/h1-6,9,15,25H,7-8,10-14,16-18H2,(H,34,37,38). The molecule has 3 amide bonds. The summed E-state index contributed by atoms with van der Waals surface area (Å²) in [6.07, 6.45) is 0.0201. The number of nitrogens with one attached hydrogen (secondary N) is 1. The summed E-state index contributed by atoms with van der Waals surface area (Å²) >= 11 is 0. The number of amides is 3. The van der Waals surface area contributed by atoms with E-state index in [2.05, 4.69) is 16.3 Å². The van der Waals surface area contributed by atoms with Crippen molar-refractivity contribution in [2.75, 3.05) is 26.3 Å². The molecule has 1 atom stereocenters. The number of nitrogens with zero attached hydrogens (tertiary/aromatic N) is 2. The van der Waals surface area contributed by atoms with Crippen LogP contribution in [0.3, 0.4) is 0 Å². The fraction of sp³-hybridized carbons (Fsp3) is 0.433. The number of carbonyl (C=O) groups is 3. The van der Waals surface area contributed by atoms with E-state index >= 15 is 0 Å². The largest absolute Gasteiger partial charge is 0.416 e. The predicted octanol–water partition coefficient (Wildman–Crippen LogP) is 4.16. The van der Waals surface area contributed by atoms with Gasteiger partial charge in [-0.1, -0.05) is 24.3 Å². The molecular weight excluding hydrogens is 523 g/mol. The number of carbonyl (C=O) groups excluding carboxylic acids is 3. The van der Waals surface area contributed by atoms with Gasteiger partial charge in [0.05, 0.1) is 5.56 Å². The highest BCUT2D eigenvalue weighted by molar-refractivity contribution is 6.05. The van der Waals surface area contributed by atoms with Gasteiger partial charge in [-0.15, -0.1) is 0 Å². The zero-order valence-electron chi connectivity index (χ0n) is 21.9. The molecule has 0 saturated carbocycles. The molecule has 1 N–H and O–H groups in total. The van der Waals surface area contributed by atoms with Crippen LogP contribution in [0, 0.1) is 5.41 Å². The molecule has 0 bridgehead atoms. The van der Waals surface area contributed by atoms with Gasteiger partial charge in [-0.2, -0.15) is 13.2 Å². The smallest absolute Gasteiger partial charge is 0.381 e. The summed E-state index contributed by atoms with van der Waals surface area (Å²) in [6, 6.07) is 10.6. The summed E-state index contributed by atoms with van der Waals surface area (Å²) < 4.78 is 44.7. The molecule has 0 aliphatic carbocycles. The molecule has 2 aromatic carbocycles. The van der Waals surface area contributed by atoms with E-state index in [1.807, 2.05) is 18.2 Å². The van der Waals surface area contributed by atoms with Crippen LogP contribution in [0.2, 0.25) is 0 Å². The highest BCUT2D eigenvalue weighted by Gasteiger charge is 2.42. The van der Waals surface area contributed by atoms with Gasteiger partial charge in [0.2, 0.25) is 11.8 Å². The number of piperidine rings is 1. The maximum atomic E-state index is 13.2. The molecule has 10 heteroatoms. The van der Waals surface area contributed by atoms with Gasteiger partial charge in [0.15, 0.2) is 0 Å². The first kappa shape index (κ1) is 26.7. The molecule has 1 spiro atoms. The monoisotopic (exact) mass is 553 g/mol. The minimum atomic E-state index is -4.35. The van der Waals surface area contributed by atoms with Gasteiger partial charge < -0.3 is 9.64 Å². The average molecular weight is 554 g/mol. The molecule has 2 aromatic rings. The van der Waals surface area contributed by atoms with Crippen molar-refractivity contribution < 1.29 is 32.3 Å². The van der Waals surface area contributed by atoms with Crippen LogP contribution in [-0.4, -0.2) is 59.9 Å². The number of halogens is 3. The Bertz CT molecular complexity index is 1380. The highest BCUT2D eigenvalue weighted by Crippen LogP contribution is 2.47. The Balaban J connectivity index is 1.24. The van der Waals surface area contributed by atoms with Crippen LogP contribution < -0.4 is 5.32 Å². The maximum absolute atomic E-state index is 13.2. The molecule has 6 rings (SSSR count). The first-order valence-corrected chi connectivity index (χ1v) is 13.6. The molecule has 0 radical (unpaired) electrons. The van der Waals surface area contributed by atoms with Crippen molar-refractivity contribution in [1.29, 1.82) is 0 Å². The van der Waals surface area contributed by atoms with Crippen LogP contribution in [0.25, 0.3) is 5.57 Å². The van der Waals surface area contributed by atoms with E-state index in [4.69, 9.17) is 4.74 Å². The van der Waals surface area contributed by atoms with Crippen molar-refractivity contribution >= 4 is 23.3 Å². The zero-order valence-corrected chi connectivity index (χ0v) is 21.9. The van der Waals surface area contributed by atoms with E-state index in [0.29, 0.717) is 44.8 Å². The third-order valence-electron chi connectivity index (χ3n) is 8.62. The second-order valence-electron chi connectivity index (χ2n) is 11.1. The Morgan fingerprint density at radius 1 is 1.02 bits per heavy atom. The summed E-state index contributed by atoms with van der Waals surface area (Å²) in [5.74, 6) is -0.940. The highest BCUT2D eigenvalue weighted by atomic mass is 19.4. The van der Waals surface area contributed by atoms with Crippen molar-refractivity contribution in [3.05, 3.63) is 76.4 Å². The summed E-state index contributed by atoms with van der Waals surface area (Å²) in [6.45, 7) is 3.51. The van der Waals surface area contributed by atoms with Crippen LogP contribution >= 0.6 is 0 Å². The first-order valence-electron chi connectivity index (χ1n) is 13.6. The van der Waals surface area contributed by atoms with E-state index in [1.165, 1.54) is 5.57 Å². The second kappa shape index (κ2) is 10.2. The maximum Gasteiger partial charge on any atom is 0.416 e. The minimum absolute atomic E-state index is 0.178. The fourth-order valence-electron chi connectivity index (χ4n) is 6.55. The minimum Gasteiger partial charge on any atom is -0.381 e. The van der Waals surface area contributed by atoms with Gasteiger partial charge in [-0.3, -0.25) is 24.6 Å². The molecule has 0 aromatic heterocycles. The van der Waals surface area contributed by atoms with E-state index < -0.39 is 23.7 Å². The summed E-state index contributed by atoms with van der Waals surface area (Å²) in [7, 11) is 0. The van der Waals surface area contributed by atoms with Crippen LogP contribution in [0.5, 0.6) is 0 Å². The third kappa shape index (κ3) is 4.94. The van der Waals surface area contributed by atoms with Gasteiger partial charge in [0.1, 0.15) is 6.04 Å². The number of fused-ring (bicyclic) bond motifs is 1. The molecule has 2 fully saturated rings. The van der Waals surface area contributed by atoms with E-state index in [1.54, 1.807) is 17.0 Å². The lowest BCUT2D eigenvalue weighted by Crippen LogP contribution is -2.52. The Kier molecular flexibility index (Phi) is 6.78. The molecule has 4 aliphatic rings. The molecule has 4 aliphatic heterocycles. The Morgan fingerprint density at radius 2 is 1.77 bits per heavy atom. The number of ether oxygens (including phenoxy) is 1. The number of rotatable bonds is 4. The Labute approximate surface area is 230 Å². The topological polar surface area (TPSA) is 79.0 Å². The normalized spacial score (nSPS) is 23.3. The lowest BCUT2D eigenvalue weighted by Gasteiger charge is -2.46. The fourth-order valence-corrected chi connectivity index (χ4v) is 6.55. The SMILES string of the molecule is O=C1CCC(N2Cc3cc(C4=CCN(Cc5ccc(C(F)(F)F)cc5)CC45CCOCC5)ccc3C2=O)C(=O)N1. The lowest BCUT2D eigenvalue weighted by atomic mass is 9.69. The number of hydrogen-bond donors (Lipinski definition) is 1. The molecule has 4 heterocycles. The van der Waals surface area contributed by atoms with E-state index in [0.717, 1.165) is 48.2 Å². The number of benzene rings is 2. The summed E-state index contributed by atoms with van der Waals surface area (Å²) in [5.41, 5.74) is 3.68. The molecule has 210 valence electrons. The van der Waals surface area contributed by atoms with E-state index in [-0.39, 0.29) is 23.7 Å². The van der Waals surface area contributed by atoms with Crippen molar-refractivity contribution in [2.24, 2.45) is 5.41 Å². The first-order chi connectivity index (χ1) is 19.1. The summed E-state index contributed by atoms with van der Waals surface area (Å²) in [4.78, 5) is 41.0. The summed E-state index contributed by atoms with van der Waals surface area (Å²) in [5, 5.41) is 2.34. The average Bonchev–Trinajstić information content (AvgIpc) is 3.24. The molecule has 2 saturated heterocycles. The van der Waals surface area contributed by atoms with Crippen molar-refractivity contribution in [2.45, 2.75) is 51.0 Å². The number of alkyl halides is 3. The van der Waals surface area contributed by atoms with Gasteiger partial charge in [0, 0.05) is 56.8 Å². The molecule has 1 unspecified atom stereocenters. The molecule has 40 heavy (non-hydrogen) atoms. The van der Waals surface area contributed by atoms with Gasteiger partial charge >= 0.3 is 6.18 Å². The van der Waals surface area contributed by atoms with Crippen molar-refractivity contribution in [1.82, 2.24) is 15.1 Å². The molecular formula is C30H30F3N3O4. The quantitative estimate of drug-likeness (QED) is 0.576. The van der Waals surface area contributed by atoms with Crippen molar-refractivity contribution in [3.63, 3.8) is 0 Å². The van der Waals surface area contributed by atoms with Crippen LogP contribution in [-0.2, 0) is 33.6 Å². The second-order valence-corrected chi connectivity index (χ2v) is 11.1. The van der Waals surface area contributed by atoms with Gasteiger partial charge in [-0.25, -0.2) is 0 Å². The van der Waals surface area contributed by atoms with Gasteiger partial charge in [-0.05, 0) is 65.8 Å². The van der Waals surface area contributed by atoms with E-state index in [9.17, 15) is 27.6 Å². The predicted molar refractivity (Wildman–Crippen MR) is 140 cm³/mol. The third-order valence-corrected chi connectivity index (χ3v) is 8.62. The Morgan fingerprint density at radius 3 is 2.48 bits per heavy atom. The Hall–Kier alpha value is -3.50. The number of hydrogen-bond acceptors (Lipinski definition) is 5. The van der Waals surface area contributed by atoms with Gasteiger partial charge in [0.25, 0.3) is 5.91 Å². The van der Waals surface area contributed by atoms with Crippen LogP contribution in [0.4, 0.5) is 13.2 Å². The van der Waals surface area contributed by atoms with Crippen LogP contribution in [0.15, 0.2) is 48.5 Å².